The van der Waals surface area contributed by atoms with E-state index in [-0.39, 0.29) is 23.4 Å². The van der Waals surface area contributed by atoms with E-state index >= 15 is 0 Å². The van der Waals surface area contributed by atoms with Crippen molar-refractivity contribution in [3.8, 4) is 0 Å². The van der Waals surface area contributed by atoms with E-state index in [1.54, 1.807) is 0 Å². The standard InChI is InChI=1S/C49H78O5/c1-7-9-11-13-15-17-19-21-23-25-27-29-31-33-35-37-39-41-45(50)47(43(3)4)53-49(52)54-48(44(5)6)46(51)42-40-38-36-34-32-30-28-26-24-22-20-18-16-14-12-10-8-2/h15-18,21-24,27-30,33-36,43-44,47-48H,7-14,19-20,25-26,31-32,37-42H2,1-6H3/b17-15-,18-16-,23-21-,24-22-,29-27-,30-28-,35-33-,36-34-. The minimum atomic E-state index is -0.949. The van der Waals surface area contributed by atoms with Gasteiger partial charge in [-0.3, -0.25) is 9.59 Å². The second-order valence-electron chi connectivity index (χ2n) is 14.7. The minimum absolute atomic E-state index is 0.121. The van der Waals surface area contributed by atoms with Crippen molar-refractivity contribution >= 4 is 17.7 Å². The molecule has 2 unspecified atom stereocenters. The Bertz CT molecular complexity index is 1090. The number of Topliss-reactive ketones (excluding diaryl/α,β-unsaturated/α-hetero) is 2. The molecule has 0 aliphatic rings. The first-order chi connectivity index (χ1) is 26.2. The summed E-state index contributed by atoms with van der Waals surface area (Å²) in [5, 5.41) is 0. The first kappa shape index (κ1) is 50.5. The second kappa shape index (κ2) is 37.8. The molecule has 0 aromatic carbocycles. The molecule has 0 aliphatic carbocycles. The van der Waals surface area contributed by atoms with E-state index in [1.165, 1.54) is 51.4 Å². The predicted octanol–water partition coefficient (Wildman–Crippen LogP) is 14.6. The SMILES string of the molecule is CCCCC/C=C\C/C=C\C/C=C\C/C=C\CCCC(=O)C(OC(=O)OC(C(=O)CCC/C=C\C/C=C\C/C=C\C/C=C\CCCCC)C(C)C)C(C)C. The van der Waals surface area contributed by atoms with Gasteiger partial charge in [0.2, 0.25) is 0 Å². The summed E-state index contributed by atoms with van der Waals surface area (Å²) in [4.78, 5) is 38.7. The third-order valence-corrected chi connectivity index (χ3v) is 8.80. The van der Waals surface area contributed by atoms with Crippen LogP contribution >= 0.6 is 0 Å². The highest BCUT2D eigenvalue weighted by molar-refractivity contribution is 5.87. The van der Waals surface area contributed by atoms with Gasteiger partial charge in [0.05, 0.1) is 0 Å². The molecule has 304 valence electrons. The molecule has 0 aromatic rings. The Hall–Kier alpha value is -3.47. The average molecular weight is 747 g/mol. The molecule has 0 fully saturated rings. The molecule has 0 bridgehead atoms. The molecule has 5 heteroatoms. The van der Waals surface area contributed by atoms with Crippen LogP contribution in [0.1, 0.15) is 170 Å². The lowest BCUT2D eigenvalue weighted by molar-refractivity contribution is -0.136. The van der Waals surface area contributed by atoms with Crippen molar-refractivity contribution < 1.29 is 23.9 Å². The summed E-state index contributed by atoms with van der Waals surface area (Å²) in [5.74, 6) is -0.631. The summed E-state index contributed by atoms with van der Waals surface area (Å²) in [6.45, 7) is 11.9. The van der Waals surface area contributed by atoms with Crippen LogP contribution in [0, 0.1) is 11.8 Å². The van der Waals surface area contributed by atoms with E-state index in [2.05, 4.69) is 111 Å². The number of hydrogen-bond donors (Lipinski definition) is 0. The fourth-order valence-corrected chi connectivity index (χ4v) is 5.58. The van der Waals surface area contributed by atoms with Crippen LogP contribution in [0.2, 0.25) is 0 Å². The van der Waals surface area contributed by atoms with E-state index < -0.39 is 18.4 Å². The molecule has 0 saturated carbocycles. The van der Waals surface area contributed by atoms with Gasteiger partial charge in [-0.05, 0) is 102 Å². The average Bonchev–Trinajstić information content (AvgIpc) is 3.14. The maximum Gasteiger partial charge on any atom is 0.509 e. The highest BCUT2D eigenvalue weighted by Crippen LogP contribution is 2.17. The Morgan fingerprint density at radius 3 is 0.907 bits per heavy atom. The summed E-state index contributed by atoms with van der Waals surface area (Å²) in [6, 6.07) is 0. The summed E-state index contributed by atoms with van der Waals surface area (Å²) in [6.07, 6.45) is 51.4. The molecule has 0 amide bonds. The molecule has 0 radical (unpaired) electrons. The van der Waals surface area contributed by atoms with Crippen LogP contribution in [0.5, 0.6) is 0 Å². The molecule has 0 heterocycles. The van der Waals surface area contributed by atoms with Gasteiger partial charge in [-0.25, -0.2) is 4.79 Å². The van der Waals surface area contributed by atoms with E-state index in [4.69, 9.17) is 9.47 Å². The normalized spacial score (nSPS) is 13.9. The van der Waals surface area contributed by atoms with Crippen molar-refractivity contribution in [3.05, 3.63) is 97.2 Å². The highest BCUT2D eigenvalue weighted by atomic mass is 16.7. The number of hydrogen-bond acceptors (Lipinski definition) is 5. The molecule has 0 aliphatic heterocycles. The molecular formula is C49H78O5. The number of ether oxygens (including phenoxy) is 2. The third kappa shape index (κ3) is 32.0. The van der Waals surface area contributed by atoms with Crippen molar-refractivity contribution in [2.24, 2.45) is 11.8 Å². The maximum absolute atomic E-state index is 13.0. The Morgan fingerprint density at radius 1 is 0.389 bits per heavy atom. The molecule has 2 atom stereocenters. The van der Waals surface area contributed by atoms with Crippen LogP contribution < -0.4 is 0 Å². The molecule has 0 rings (SSSR count). The number of ketones is 2. The fraction of sp³-hybridized carbons (Fsp3) is 0.612. The summed E-state index contributed by atoms with van der Waals surface area (Å²) < 4.78 is 11.0. The molecular weight excluding hydrogens is 669 g/mol. The Labute approximate surface area is 331 Å². The van der Waals surface area contributed by atoms with E-state index in [9.17, 15) is 14.4 Å². The van der Waals surface area contributed by atoms with Gasteiger partial charge in [-0.15, -0.1) is 0 Å². The smallest absolute Gasteiger partial charge is 0.423 e. The van der Waals surface area contributed by atoms with Crippen molar-refractivity contribution in [1.82, 2.24) is 0 Å². The molecule has 0 aromatic heterocycles. The van der Waals surface area contributed by atoms with Crippen LogP contribution in [0.25, 0.3) is 0 Å². The van der Waals surface area contributed by atoms with E-state index in [1.807, 2.05) is 27.7 Å². The lowest BCUT2D eigenvalue weighted by atomic mass is 9.99. The van der Waals surface area contributed by atoms with Gasteiger partial charge in [-0.1, -0.05) is 164 Å². The van der Waals surface area contributed by atoms with Crippen LogP contribution in [-0.2, 0) is 19.1 Å². The van der Waals surface area contributed by atoms with Gasteiger partial charge >= 0.3 is 6.16 Å². The fourth-order valence-electron chi connectivity index (χ4n) is 5.58. The van der Waals surface area contributed by atoms with Crippen molar-refractivity contribution in [3.63, 3.8) is 0 Å². The minimum Gasteiger partial charge on any atom is -0.423 e. The molecule has 5 nitrogen and oxygen atoms in total. The van der Waals surface area contributed by atoms with Crippen molar-refractivity contribution in [2.75, 3.05) is 0 Å². The predicted molar refractivity (Wildman–Crippen MR) is 232 cm³/mol. The van der Waals surface area contributed by atoms with Gasteiger partial charge in [0.25, 0.3) is 0 Å². The Morgan fingerprint density at radius 2 is 0.648 bits per heavy atom. The zero-order valence-electron chi connectivity index (χ0n) is 35.2. The largest absolute Gasteiger partial charge is 0.509 e. The van der Waals surface area contributed by atoms with Crippen LogP contribution in [-0.4, -0.2) is 29.9 Å². The second-order valence-corrected chi connectivity index (χ2v) is 14.7. The summed E-state index contributed by atoms with van der Waals surface area (Å²) in [5.41, 5.74) is 0. The quantitative estimate of drug-likeness (QED) is 0.0372. The monoisotopic (exact) mass is 747 g/mol. The van der Waals surface area contributed by atoms with Crippen LogP contribution in [0.3, 0.4) is 0 Å². The maximum atomic E-state index is 13.0. The van der Waals surface area contributed by atoms with Gasteiger partial charge in [-0.2, -0.15) is 0 Å². The van der Waals surface area contributed by atoms with Gasteiger partial charge < -0.3 is 9.47 Å². The molecule has 0 saturated heterocycles. The van der Waals surface area contributed by atoms with Gasteiger partial charge in [0.15, 0.2) is 23.8 Å². The first-order valence-electron chi connectivity index (χ1n) is 21.4. The lowest BCUT2D eigenvalue weighted by Gasteiger charge is -2.23. The molecule has 0 spiro atoms. The van der Waals surface area contributed by atoms with Gasteiger partial charge in [0.1, 0.15) is 0 Å². The van der Waals surface area contributed by atoms with Crippen molar-refractivity contribution in [1.29, 1.82) is 0 Å². The highest BCUT2D eigenvalue weighted by Gasteiger charge is 2.31. The zero-order chi connectivity index (χ0) is 39.9. The van der Waals surface area contributed by atoms with Crippen LogP contribution in [0.4, 0.5) is 4.79 Å². The number of allylic oxidation sites excluding steroid dienone is 16. The topological polar surface area (TPSA) is 69.7 Å². The van der Waals surface area contributed by atoms with E-state index in [0.29, 0.717) is 25.7 Å². The zero-order valence-corrected chi connectivity index (χ0v) is 35.2. The number of carbonyl (C=O) groups is 3. The Balaban J connectivity index is 4.36. The summed E-state index contributed by atoms with van der Waals surface area (Å²) >= 11 is 0. The third-order valence-electron chi connectivity index (χ3n) is 8.80. The molecule has 54 heavy (non-hydrogen) atoms. The van der Waals surface area contributed by atoms with Gasteiger partial charge in [0, 0.05) is 12.8 Å². The summed E-state index contributed by atoms with van der Waals surface area (Å²) in [7, 11) is 0. The first-order valence-corrected chi connectivity index (χ1v) is 21.4. The van der Waals surface area contributed by atoms with Crippen LogP contribution in [0.15, 0.2) is 97.2 Å². The number of carbonyl (C=O) groups excluding carboxylic acids is 3. The van der Waals surface area contributed by atoms with E-state index in [0.717, 1.165) is 51.4 Å². The lowest BCUT2D eigenvalue weighted by Crippen LogP contribution is -2.37. The number of unbranched alkanes of at least 4 members (excludes halogenated alkanes) is 8. The molecule has 0 N–H and O–H groups in total. The Kier molecular flexibility index (Phi) is 35.4. The van der Waals surface area contributed by atoms with Crippen molar-refractivity contribution in [2.45, 2.75) is 182 Å². The number of rotatable bonds is 34.